The van der Waals surface area contributed by atoms with E-state index in [1.807, 2.05) is 6.92 Å². The molecule has 0 aromatic heterocycles. The molecule has 0 aliphatic carbocycles. The third-order valence-electron chi connectivity index (χ3n) is 1.92. The van der Waals surface area contributed by atoms with Crippen LogP contribution in [-0.4, -0.2) is 0 Å². The van der Waals surface area contributed by atoms with Gasteiger partial charge in [0.1, 0.15) is 0 Å². The number of hydrogen-bond acceptors (Lipinski definition) is 3. The molecule has 17 heavy (non-hydrogen) atoms. The second kappa shape index (κ2) is 22.3. The molecule has 1 atom stereocenters. The van der Waals surface area contributed by atoms with Crippen molar-refractivity contribution >= 4 is 18.6 Å². The van der Waals surface area contributed by atoms with Crippen molar-refractivity contribution in [2.75, 3.05) is 0 Å². The molecule has 0 aromatic rings. The molecule has 0 N–H and O–H groups in total. The minimum Gasteiger partial charge on any atom is -0.587 e. The van der Waals surface area contributed by atoms with Crippen LogP contribution in [-0.2, 0) is 25.6 Å². The van der Waals surface area contributed by atoms with Crippen LogP contribution in [0.5, 0.6) is 0 Å². The van der Waals surface area contributed by atoms with Gasteiger partial charge in [0.05, 0.1) is 0 Å². The van der Waals surface area contributed by atoms with Crippen LogP contribution in [0.3, 0.4) is 0 Å². The summed E-state index contributed by atoms with van der Waals surface area (Å²) in [5.74, 6) is 1.70. The molecule has 2 nitrogen and oxygen atoms in total. The topological polar surface area (TPSA) is 40.1 Å². The summed E-state index contributed by atoms with van der Waals surface area (Å²) in [5.41, 5.74) is 0. The van der Waals surface area contributed by atoms with Gasteiger partial charge in [-0.25, -0.2) is 5.75 Å². The Kier molecular flexibility index (Phi) is 30.4. The summed E-state index contributed by atoms with van der Waals surface area (Å²) in [6.45, 7) is 8.03. The Bertz CT molecular complexity index is 142. The molecule has 0 aliphatic rings. The van der Waals surface area contributed by atoms with Crippen LogP contribution in [0.1, 0.15) is 65.2 Å². The minimum atomic E-state index is -2.25. The standard InChI is InChI=1S/C8H17.C4H8O2PS.Mo/c1-3-5-7-8-6-4-2;1-2-3-4-8-7(5)6;/h1,3-8H2,2H3;4H,2-3H2,1H3;/q2*-1;+2. The van der Waals surface area contributed by atoms with Gasteiger partial charge < -0.3 is 11.8 Å². The molecule has 0 rings (SSSR count). The van der Waals surface area contributed by atoms with Crippen molar-refractivity contribution in [3.63, 3.8) is 0 Å². The van der Waals surface area contributed by atoms with Crippen molar-refractivity contribution in [3.8, 4) is 0 Å². The smallest absolute Gasteiger partial charge is 0.587 e. The minimum absolute atomic E-state index is 0. The summed E-state index contributed by atoms with van der Waals surface area (Å²) >= 11 is 0.885. The molecule has 0 aliphatic heterocycles. The van der Waals surface area contributed by atoms with Crippen LogP contribution in [0.2, 0.25) is 0 Å². The van der Waals surface area contributed by atoms with Crippen molar-refractivity contribution in [2.45, 2.75) is 65.2 Å². The van der Waals surface area contributed by atoms with Crippen LogP contribution >= 0.6 is 18.6 Å². The molecule has 0 heterocycles. The Balaban J connectivity index is -0.000000218. The van der Waals surface area contributed by atoms with Gasteiger partial charge in [0.15, 0.2) is 0 Å². The van der Waals surface area contributed by atoms with Gasteiger partial charge in [0.25, 0.3) is 0 Å². The van der Waals surface area contributed by atoms with Crippen molar-refractivity contribution in [3.05, 3.63) is 12.7 Å². The Labute approximate surface area is 127 Å². The Morgan fingerprint density at radius 3 is 2.18 bits per heavy atom. The monoisotopic (exact) mass is 362 g/mol. The number of hydrogen-bond donors (Lipinski definition) is 0. The van der Waals surface area contributed by atoms with Gasteiger partial charge in [-0.05, 0) is 0 Å². The molecule has 0 aromatic carbocycles. The van der Waals surface area contributed by atoms with E-state index < -0.39 is 7.23 Å². The summed E-state index contributed by atoms with van der Waals surface area (Å²) in [7, 11) is -2.25. The molecule has 0 saturated heterocycles. The third-order valence-corrected chi connectivity index (χ3v) is 3.44. The van der Waals surface area contributed by atoms with Crippen LogP contribution < -0.4 is 4.89 Å². The van der Waals surface area contributed by atoms with E-state index >= 15 is 0 Å². The predicted octanol–water partition coefficient (Wildman–Crippen LogP) is 4.88. The normalized spacial score (nSPS) is 10.0. The zero-order chi connectivity index (χ0) is 12.6. The van der Waals surface area contributed by atoms with Gasteiger partial charge >= 0.3 is 28.3 Å². The van der Waals surface area contributed by atoms with Gasteiger partial charge in [0, 0.05) is 0 Å². The molecule has 0 spiro atoms. The second-order valence-corrected chi connectivity index (χ2v) is 6.07. The van der Waals surface area contributed by atoms with Gasteiger partial charge in [-0.1, -0.05) is 68.3 Å². The first-order valence-electron chi connectivity index (χ1n) is 6.11. The zero-order valence-electron chi connectivity index (χ0n) is 11.0. The second-order valence-electron chi connectivity index (χ2n) is 3.55. The van der Waals surface area contributed by atoms with Gasteiger partial charge in [-0.2, -0.15) is 12.8 Å². The van der Waals surface area contributed by atoms with Crippen LogP contribution in [0.4, 0.5) is 0 Å². The Hall–Kier alpha value is 1.10. The van der Waals surface area contributed by atoms with Crippen LogP contribution in [0.25, 0.3) is 0 Å². The average Bonchev–Trinajstić information content (AvgIpc) is 2.25. The summed E-state index contributed by atoms with van der Waals surface area (Å²) in [4.78, 5) is 9.84. The first-order valence-corrected chi connectivity index (χ1v) is 8.77. The maximum atomic E-state index is 9.84. The molecule has 0 fully saturated rings. The molecule has 102 valence electrons. The van der Waals surface area contributed by atoms with E-state index in [0.717, 1.165) is 30.6 Å². The maximum Gasteiger partial charge on any atom is 2.00 e. The number of unbranched alkanes of at least 4 members (excludes halogenated alkanes) is 6. The molecule has 1 unspecified atom stereocenters. The summed E-state index contributed by atoms with van der Waals surface area (Å²) < 4.78 is 9.84. The van der Waals surface area contributed by atoms with Crippen LogP contribution in [0.15, 0.2) is 0 Å². The van der Waals surface area contributed by atoms with E-state index in [2.05, 4.69) is 13.8 Å². The fourth-order valence-electron chi connectivity index (χ4n) is 1.01. The maximum absolute atomic E-state index is 9.84. The summed E-state index contributed by atoms with van der Waals surface area (Å²) in [5, 5.41) is 0. The molecule has 0 amide bonds. The molecular formula is C12H25MoO2PS. The first-order chi connectivity index (χ1) is 7.68. The van der Waals surface area contributed by atoms with Gasteiger partial charge in [0.2, 0.25) is 0 Å². The number of rotatable bonds is 9. The molecule has 0 saturated carbocycles. The fourth-order valence-corrected chi connectivity index (χ4v) is 2.16. The molecule has 5 heteroatoms. The van der Waals surface area contributed by atoms with Gasteiger partial charge in [-0.15, -0.1) is 0 Å². The molecular weight excluding hydrogens is 335 g/mol. The summed E-state index contributed by atoms with van der Waals surface area (Å²) in [6.07, 6.45) is 9.86. The van der Waals surface area contributed by atoms with E-state index in [1.165, 1.54) is 32.1 Å². The Morgan fingerprint density at radius 2 is 1.76 bits per heavy atom. The zero-order valence-corrected chi connectivity index (χ0v) is 14.7. The van der Waals surface area contributed by atoms with Crippen molar-refractivity contribution in [1.82, 2.24) is 0 Å². The SMILES string of the molecule is CCC[CH-]S[P+](=O)[O-].[CH2-]CCCCCCC.[Mo+2]. The van der Waals surface area contributed by atoms with E-state index in [4.69, 9.17) is 0 Å². The summed E-state index contributed by atoms with van der Waals surface area (Å²) in [6, 6.07) is 0. The predicted molar refractivity (Wildman–Crippen MR) is 73.1 cm³/mol. The van der Waals surface area contributed by atoms with Crippen molar-refractivity contribution < 1.29 is 30.5 Å². The van der Waals surface area contributed by atoms with Gasteiger partial charge in [-0.3, -0.25) is 0 Å². The molecule has 0 radical (unpaired) electrons. The van der Waals surface area contributed by atoms with Crippen molar-refractivity contribution in [2.24, 2.45) is 0 Å². The van der Waals surface area contributed by atoms with E-state index in [0.29, 0.717) is 0 Å². The van der Waals surface area contributed by atoms with E-state index in [9.17, 15) is 9.46 Å². The largest absolute Gasteiger partial charge is 2.00 e. The van der Waals surface area contributed by atoms with Crippen LogP contribution in [0, 0.1) is 12.7 Å². The fraction of sp³-hybridized carbons (Fsp3) is 0.833. The Morgan fingerprint density at radius 1 is 1.18 bits per heavy atom. The first kappa shape index (κ1) is 23.2. The third kappa shape index (κ3) is 31.6. The van der Waals surface area contributed by atoms with E-state index in [1.54, 1.807) is 5.75 Å². The quantitative estimate of drug-likeness (QED) is 0.255. The average molecular weight is 360 g/mol. The van der Waals surface area contributed by atoms with E-state index in [-0.39, 0.29) is 21.1 Å². The van der Waals surface area contributed by atoms with Crippen molar-refractivity contribution in [1.29, 1.82) is 0 Å². The molecule has 0 bridgehead atoms.